The smallest absolute Gasteiger partial charge is 0.0897 e. The van der Waals surface area contributed by atoms with Gasteiger partial charge in [-0.3, -0.25) is 0 Å². The molecule has 0 rings (SSSR count). The summed E-state index contributed by atoms with van der Waals surface area (Å²) in [6.45, 7) is 9.17. The molecule has 0 saturated carbocycles. The maximum atomic E-state index is 9.72. The molecule has 0 aliphatic carbocycles. The lowest BCUT2D eigenvalue weighted by Gasteiger charge is -2.18. The first-order chi connectivity index (χ1) is 9.06. The van der Waals surface area contributed by atoms with Crippen molar-refractivity contribution in [1.29, 1.82) is 0 Å². The van der Waals surface area contributed by atoms with Crippen molar-refractivity contribution in [1.82, 2.24) is 5.32 Å². The maximum Gasteiger partial charge on any atom is 0.0897 e. The number of hydrogen-bond acceptors (Lipinski definition) is 5. The van der Waals surface area contributed by atoms with E-state index in [1.54, 1.807) is 0 Å². The van der Waals surface area contributed by atoms with Crippen LogP contribution in [0.1, 0.15) is 33.6 Å². The summed E-state index contributed by atoms with van der Waals surface area (Å²) in [5.41, 5.74) is 0. The molecule has 0 heterocycles. The molecule has 5 nitrogen and oxygen atoms in total. The first kappa shape index (κ1) is 18.8. The lowest BCUT2D eigenvalue weighted by Crippen LogP contribution is -2.32. The largest absolute Gasteiger partial charge is 0.394 e. The summed E-state index contributed by atoms with van der Waals surface area (Å²) in [5, 5.41) is 21.4. The highest BCUT2D eigenvalue weighted by Gasteiger charge is 2.09. The average molecular weight is 277 g/mol. The first-order valence-electron chi connectivity index (χ1n) is 7.25. The third-order valence-corrected chi connectivity index (χ3v) is 2.63. The topological polar surface area (TPSA) is 71.0 Å². The van der Waals surface area contributed by atoms with Crippen LogP contribution in [0.3, 0.4) is 0 Å². The van der Waals surface area contributed by atoms with E-state index in [9.17, 15) is 5.11 Å². The second kappa shape index (κ2) is 12.8. The van der Waals surface area contributed by atoms with Crippen molar-refractivity contribution in [3.63, 3.8) is 0 Å². The number of ether oxygens (including phenoxy) is 2. The van der Waals surface area contributed by atoms with E-state index >= 15 is 0 Å². The highest BCUT2D eigenvalue weighted by molar-refractivity contribution is 4.61. The van der Waals surface area contributed by atoms with Gasteiger partial charge in [0, 0.05) is 13.2 Å². The Morgan fingerprint density at radius 3 is 2.53 bits per heavy atom. The fraction of sp³-hybridized carbons (Fsp3) is 1.00. The maximum absolute atomic E-state index is 9.72. The monoisotopic (exact) mass is 277 g/mol. The van der Waals surface area contributed by atoms with E-state index in [-0.39, 0.29) is 12.7 Å². The molecule has 2 atom stereocenters. The van der Waals surface area contributed by atoms with Crippen molar-refractivity contribution in [2.45, 2.75) is 45.8 Å². The van der Waals surface area contributed by atoms with Gasteiger partial charge in [0.1, 0.15) is 0 Å². The van der Waals surface area contributed by atoms with Crippen LogP contribution < -0.4 is 5.32 Å². The lowest BCUT2D eigenvalue weighted by molar-refractivity contribution is -0.00860. The summed E-state index contributed by atoms with van der Waals surface area (Å²) < 4.78 is 10.7. The van der Waals surface area contributed by atoms with Crippen LogP contribution in [0.4, 0.5) is 0 Å². The van der Waals surface area contributed by atoms with Crippen molar-refractivity contribution in [2.24, 2.45) is 5.92 Å². The number of hydrogen-bond donors (Lipinski definition) is 3. The molecule has 0 spiro atoms. The molecule has 0 aliphatic heterocycles. The number of aliphatic hydroxyl groups is 2. The molecule has 0 aromatic heterocycles. The third kappa shape index (κ3) is 14.0. The number of nitrogens with one attached hydrogen (secondary N) is 1. The van der Waals surface area contributed by atoms with E-state index in [1.165, 1.54) is 0 Å². The Morgan fingerprint density at radius 2 is 1.89 bits per heavy atom. The van der Waals surface area contributed by atoms with Crippen molar-refractivity contribution < 1.29 is 19.7 Å². The van der Waals surface area contributed by atoms with Gasteiger partial charge < -0.3 is 25.0 Å². The van der Waals surface area contributed by atoms with E-state index in [4.69, 9.17) is 14.6 Å². The second-order valence-electron chi connectivity index (χ2n) is 5.32. The van der Waals surface area contributed by atoms with Gasteiger partial charge >= 0.3 is 0 Å². The molecule has 5 heteroatoms. The minimum absolute atomic E-state index is 0.0675. The molecule has 0 radical (unpaired) electrons. The first-order valence-corrected chi connectivity index (χ1v) is 7.25. The van der Waals surface area contributed by atoms with Crippen LogP contribution >= 0.6 is 0 Å². The highest BCUT2D eigenvalue weighted by Crippen LogP contribution is 2.07. The van der Waals surface area contributed by atoms with E-state index in [1.807, 2.05) is 6.92 Å². The second-order valence-corrected chi connectivity index (χ2v) is 5.32. The zero-order valence-electron chi connectivity index (χ0n) is 12.6. The lowest BCUT2D eigenvalue weighted by atomic mass is 10.1. The van der Waals surface area contributed by atoms with E-state index in [0.717, 1.165) is 19.4 Å². The van der Waals surface area contributed by atoms with Crippen molar-refractivity contribution in [3.05, 3.63) is 0 Å². The minimum Gasteiger partial charge on any atom is -0.394 e. The fourth-order valence-electron chi connectivity index (χ4n) is 1.80. The van der Waals surface area contributed by atoms with Gasteiger partial charge in [0.2, 0.25) is 0 Å². The van der Waals surface area contributed by atoms with Gasteiger partial charge in [-0.2, -0.15) is 0 Å². The highest BCUT2D eigenvalue weighted by atomic mass is 16.5. The normalized spacial score (nSPS) is 14.8. The van der Waals surface area contributed by atoms with Gasteiger partial charge in [-0.05, 0) is 32.2 Å². The van der Waals surface area contributed by atoms with Crippen molar-refractivity contribution >= 4 is 0 Å². The molecule has 0 amide bonds. The Bertz CT molecular complexity index is 190. The van der Waals surface area contributed by atoms with Crippen LogP contribution in [0.5, 0.6) is 0 Å². The summed E-state index contributed by atoms with van der Waals surface area (Å²) in [7, 11) is 0. The summed E-state index contributed by atoms with van der Waals surface area (Å²) in [6.07, 6.45) is 1.62. The fourth-order valence-corrected chi connectivity index (χ4v) is 1.80. The Balaban J connectivity index is 3.32. The number of aliphatic hydroxyl groups excluding tert-OH is 2. The van der Waals surface area contributed by atoms with Gasteiger partial charge in [0.05, 0.1) is 32.0 Å². The van der Waals surface area contributed by atoms with Gasteiger partial charge in [-0.1, -0.05) is 13.8 Å². The predicted octanol–water partition coefficient (Wildman–Crippen LogP) is 0.787. The average Bonchev–Trinajstić information content (AvgIpc) is 2.34. The Labute approximate surface area is 117 Å². The van der Waals surface area contributed by atoms with Crippen molar-refractivity contribution in [3.8, 4) is 0 Å². The van der Waals surface area contributed by atoms with Crippen LogP contribution in [0.15, 0.2) is 0 Å². The van der Waals surface area contributed by atoms with Gasteiger partial charge in [0.25, 0.3) is 0 Å². The zero-order chi connectivity index (χ0) is 14.5. The molecule has 0 bridgehead atoms. The van der Waals surface area contributed by atoms with Crippen LogP contribution in [-0.2, 0) is 9.47 Å². The van der Waals surface area contributed by atoms with Crippen LogP contribution in [-0.4, -0.2) is 61.9 Å². The van der Waals surface area contributed by atoms with E-state index in [0.29, 0.717) is 32.3 Å². The SMILES string of the molecule is CC(C)CC(C)OCC(O)CNCCCOCCO. The predicted molar refractivity (Wildman–Crippen MR) is 76.3 cm³/mol. The molecule has 0 aromatic carbocycles. The standard InChI is InChI=1S/C14H31NO4/c1-12(2)9-13(3)19-11-14(17)10-15-5-4-7-18-8-6-16/h12-17H,4-11H2,1-3H3. The van der Waals surface area contributed by atoms with Gasteiger partial charge in [0.15, 0.2) is 0 Å². The summed E-state index contributed by atoms with van der Waals surface area (Å²) in [4.78, 5) is 0. The van der Waals surface area contributed by atoms with Crippen LogP contribution in [0, 0.1) is 5.92 Å². The molecule has 0 saturated heterocycles. The molecule has 0 fully saturated rings. The minimum atomic E-state index is -0.465. The van der Waals surface area contributed by atoms with Gasteiger partial charge in [-0.25, -0.2) is 0 Å². The molecule has 0 aliphatic rings. The molecule has 0 aromatic rings. The molecule has 116 valence electrons. The quantitative estimate of drug-likeness (QED) is 0.434. The molecular weight excluding hydrogens is 246 g/mol. The molecule has 2 unspecified atom stereocenters. The Kier molecular flexibility index (Phi) is 12.7. The summed E-state index contributed by atoms with van der Waals surface area (Å²) in [6, 6.07) is 0. The van der Waals surface area contributed by atoms with E-state index < -0.39 is 6.10 Å². The van der Waals surface area contributed by atoms with Gasteiger partial charge in [-0.15, -0.1) is 0 Å². The van der Waals surface area contributed by atoms with Crippen molar-refractivity contribution in [2.75, 3.05) is 39.5 Å². The Hall–Kier alpha value is -0.200. The number of rotatable bonds is 13. The van der Waals surface area contributed by atoms with Crippen LogP contribution in [0.25, 0.3) is 0 Å². The van der Waals surface area contributed by atoms with Crippen LogP contribution in [0.2, 0.25) is 0 Å². The molecule has 3 N–H and O–H groups in total. The molecular formula is C14H31NO4. The molecule has 19 heavy (non-hydrogen) atoms. The van der Waals surface area contributed by atoms with E-state index in [2.05, 4.69) is 19.2 Å². The zero-order valence-corrected chi connectivity index (χ0v) is 12.6. The third-order valence-electron chi connectivity index (χ3n) is 2.63. The Morgan fingerprint density at radius 1 is 1.16 bits per heavy atom. The summed E-state index contributed by atoms with van der Waals surface area (Å²) in [5.74, 6) is 0.615. The summed E-state index contributed by atoms with van der Waals surface area (Å²) >= 11 is 0.